The lowest BCUT2D eigenvalue weighted by atomic mass is 9.96. The summed E-state index contributed by atoms with van der Waals surface area (Å²) in [5.74, 6) is 0.347. The van der Waals surface area contributed by atoms with E-state index in [-0.39, 0.29) is 6.03 Å². The van der Waals surface area contributed by atoms with Crippen LogP contribution in [0.2, 0.25) is 0 Å². The molecule has 2 aromatic rings. The Labute approximate surface area is 137 Å². The topological polar surface area (TPSA) is 66.9 Å². The normalized spacial score (nSPS) is 10.7. The van der Waals surface area contributed by atoms with Gasteiger partial charge in [0.05, 0.1) is 24.1 Å². The number of hydrogen-bond donors (Lipinski definition) is 2. The summed E-state index contributed by atoms with van der Waals surface area (Å²) in [6.45, 7) is 8.57. The molecule has 0 fully saturated rings. The molecule has 2 rings (SSSR count). The third-order valence-electron chi connectivity index (χ3n) is 3.69. The van der Waals surface area contributed by atoms with Crippen LogP contribution in [0.1, 0.15) is 49.2 Å². The van der Waals surface area contributed by atoms with Crippen LogP contribution in [0.3, 0.4) is 0 Å². The number of para-hydroxylation sites is 1. The Morgan fingerprint density at radius 3 is 2.61 bits per heavy atom. The number of aryl methyl sites for hydroxylation is 2. The van der Waals surface area contributed by atoms with E-state index in [1.807, 2.05) is 19.1 Å². The largest absolute Gasteiger partial charge is 0.332 e. The first-order valence-electron chi connectivity index (χ1n) is 7.95. The molecule has 0 aliphatic heterocycles. The molecule has 2 amide bonds. The number of hydrogen-bond acceptors (Lipinski definition) is 3. The maximum absolute atomic E-state index is 12.2. The molecule has 1 heterocycles. The molecule has 0 radical (unpaired) electrons. The summed E-state index contributed by atoms with van der Waals surface area (Å²) in [7, 11) is 0. The van der Waals surface area contributed by atoms with E-state index < -0.39 is 0 Å². The van der Waals surface area contributed by atoms with E-state index in [4.69, 9.17) is 0 Å². The lowest BCUT2D eigenvalue weighted by Crippen LogP contribution is -2.29. The number of urea groups is 1. The van der Waals surface area contributed by atoms with E-state index in [9.17, 15) is 4.79 Å². The molecular weight excluding hydrogens is 288 g/mol. The Morgan fingerprint density at radius 1 is 1.22 bits per heavy atom. The molecule has 0 aliphatic carbocycles. The standard InChI is InChI=1S/C18H24N4O/c1-5-14-7-6-8-16(12(2)3)17(14)22-18(23)21-11-15-10-19-13(4)9-20-15/h6-10,12H,5,11H2,1-4H3,(H2,21,22,23). The molecule has 0 aliphatic rings. The lowest BCUT2D eigenvalue weighted by Gasteiger charge is -2.17. The zero-order chi connectivity index (χ0) is 16.8. The molecule has 0 saturated carbocycles. The molecule has 1 aromatic heterocycles. The van der Waals surface area contributed by atoms with Crippen LogP contribution in [-0.4, -0.2) is 16.0 Å². The Bertz CT molecular complexity index is 665. The van der Waals surface area contributed by atoms with E-state index in [1.54, 1.807) is 12.4 Å². The number of amides is 2. The summed E-state index contributed by atoms with van der Waals surface area (Å²) >= 11 is 0. The zero-order valence-electron chi connectivity index (χ0n) is 14.2. The quantitative estimate of drug-likeness (QED) is 0.882. The van der Waals surface area contributed by atoms with Gasteiger partial charge in [0.1, 0.15) is 0 Å². The number of benzene rings is 1. The number of anilines is 1. The van der Waals surface area contributed by atoms with E-state index in [0.717, 1.165) is 34.6 Å². The second kappa shape index (κ2) is 7.72. The zero-order valence-corrected chi connectivity index (χ0v) is 14.2. The average molecular weight is 312 g/mol. The lowest BCUT2D eigenvalue weighted by molar-refractivity contribution is 0.251. The smallest absolute Gasteiger partial charge is 0.319 e. The maximum atomic E-state index is 12.2. The van der Waals surface area contributed by atoms with Crippen LogP contribution in [0.15, 0.2) is 30.6 Å². The van der Waals surface area contributed by atoms with Gasteiger partial charge in [-0.05, 0) is 30.4 Å². The fraction of sp³-hybridized carbons (Fsp3) is 0.389. The van der Waals surface area contributed by atoms with Gasteiger partial charge in [0.25, 0.3) is 0 Å². The molecule has 5 nitrogen and oxygen atoms in total. The number of nitrogens with one attached hydrogen (secondary N) is 2. The van der Waals surface area contributed by atoms with Crippen LogP contribution >= 0.6 is 0 Å². The molecule has 0 spiro atoms. The van der Waals surface area contributed by atoms with E-state index >= 15 is 0 Å². The van der Waals surface area contributed by atoms with Gasteiger partial charge < -0.3 is 10.6 Å². The van der Waals surface area contributed by atoms with Crippen molar-refractivity contribution in [3.63, 3.8) is 0 Å². The number of carbonyl (C=O) groups is 1. The van der Waals surface area contributed by atoms with Gasteiger partial charge in [-0.3, -0.25) is 9.97 Å². The highest BCUT2D eigenvalue weighted by atomic mass is 16.2. The molecule has 2 N–H and O–H groups in total. The minimum absolute atomic E-state index is 0.227. The summed E-state index contributed by atoms with van der Waals surface area (Å²) in [6, 6.07) is 5.92. The predicted octanol–water partition coefficient (Wildman–Crippen LogP) is 3.79. The first-order chi connectivity index (χ1) is 11.0. The van der Waals surface area contributed by atoms with Crippen LogP contribution in [0.5, 0.6) is 0 Å². The molecule has 0 atom stereocenters. The fourth-order valence-corrected chi connectivity index (χ4v) is 2.39. The van der Waals surface area contributed by atoms with Gasteiger partial charge in [-0.25, -0.2) is 4.79 Å². The van der Waals surface area contributed by atoms with Crippen LogP contribution in [0.4, 0.5) is 10.5 Å². The molecule has 1 aromatic carbocycles. The summed E-state index contributed by atoms with van der Waals surface area (Å²) < 4.78 is 0. The molecular formula is C18H24N4O. The molecule has 0 bridgehead atoms. The van der Waals surface area contributed by atoms with Crippen molar-refractivity contribution in [2.75, 3.05) is 5.32 Å². The minimum Gasteiger partial charge on any atom is -0.332 e. The van der Waals surface area contributed by atoms with Crippen molar-refractivity contribution in [2.45, 2.75) is 46.6 Å². The highest BCUT2D eigenvalue weighted by Gasteiger charge is 2.13. The second-order valence-electron chi connectivity index (χ2n) is 5.85. The van der Waals surface area contributed by atoms with Crippen molar-refractivity contribution in [1.82, 2.24) is 15.3 Å². The van der Waals surface area contributed by atoms with Gasteiger partial charge in [-0.15, -0.1) is 0 Å². The van der Waals surface area contributed by atoms with Gasteiger partial charge >= 0.3 is 6.03 Å². The van der Waals surface area contributed by atoms with E-state index in [1.165, 1.54) is 0 Å². The Hall–Kier alpha value is -2.43. The van der Waals surface area contributed by atoms with Crippen molar-refractivity contribution in [3.05, 3.63) is 53.1 Å². The van der Waals surface area contributed by atoms with Gasteiger partial charge in [-0.2, -0.15) is 0 Å². The molecule has 0 unspecified atom stereocenters. The first-order valence-corrected chi connectivity index (χ1v) is 7.95. The van der Waals surface area contributed by atoms with Crippen molar-refractivity contribution in [3.8, 4) is 0 Å². The highest BCUT2D eigenvalue weighted by molar-refractivity contribution is 5.91. The summed E-state index contributed by atoms with van der Waals surface area (Å²) in [5, 5.41) is 5.83. The predicted molar refractivity (Wildman–Crippen MR) is 92.5 cm³/mol. The molecule has 5 heteroatoms. The Morgan fingerprint density at radius 2 is 2.00 bits per heavy atom. The van der Waals surface area contributed by atoms with E-state index in [2.05, 4.69) is 47.4 Å². The molecule has 23 heavy (non-hydrogen) atoms. The summed E-state index contributed by atoms with van der Waals surface area (Å²) in [6.07, 6.45) is 4.24. The van der Waals surface area contributed by atoms with Crippen LogP contribution in [-0.2, 0) is 13.0 Å². The number of rotatable bonds is 5. The first kappa shape index (κ1) is 16.9. The fourth-order valence-electron chi connectivity index (χ4n) is 2.39. The van der Waals surface area contributed by atoms with Gasteiger partial charge in [0.15, 0.2) is 0 Å². The number of carbonyl (C=O) groups excluding carboxylic acids is 1. The average Bonchev–Trinajstić information content (AvgIpc) is 2.54. The minimum atomic E-state index is -0.227. The Kier molecular flexibility index (Phi) is 5.68. The summed E-state index contributed by atoms with van der Waals surface area (Å²) in [4.78, 5) is 20.6. The van der Waals surface area contributed by atoms with Crippen LogP contribution in [0.25, 0.3) is 0 Å². The SMILES string of the molecule is CCc1cccc(C(C)C)c1NC(=O)NCc1cnc(C)cn1. The van der Waals surface area contributed by atoms with Crippen LogP contribution in [0, 0.1) is 6.92 Å². The second-order valence-corrected chi connectivity index (χ2v) is 5.85. The highest BCUT2D eigenvalue weighted by Crippen LogP contribution is 2.28. The third-order valence-corrected chi connectivity index (χ3v) is 3.69. The van der Waals surface area contributed by atoms with Crippen molar-refractivity contribution < 1.29 is 4.79 Å². The molecule has 0 saturated heterocycles. The number of nitrogens with zero attached hydrogens (tertiary/aromatic N) is 2. The molecule has 122 valence electrons. The summed E-state index contributed by atoms with van der Waals surface area (Å²) in [5.41, 5.74) is 4.80. The van der Waals surface area contributed by atoms with Crippen molar-refractivity contribution in [1.29, 1.82) is 0 Å². The van der Waals surface area contributed by atoms with E-state index in [0.29, 0.717) is 12.5 Å². The number of aromatic nitrogens is 2. The van der Waals surface area contributed by atoms with Gasteiger partial charge in [-0.1, -0.05) is 39.0 Å². The monoisotopic (exact) mass is 312 g/mol. The Balaban J connectivity index is 2.06. The third kappa shape index (κ3) is 4.52. The van der Waals surface area contributed by atoms with Crippen molar-refractivity contribution in [2.24, 2.45) is 0 Å². The van der Waals surface area contributed by atoms with Crippen LogP contribution < -0.4 is 10.6 Å². The van der Waals surface area contributed by atoms with Gasteiger partial charge in [0.2, 0.25) is 0 Å². The van der Waals surface area contributed by atoms with Gasteiger partial charge in [0, 0.05) is 11.9 Å². The van der Waals surface area contributed by atoms with Crippen molar-refractivity contribution >= 4 is 11.7 Å². The maximum Gasteiger partial charge on any atom is 0.319 e.